The van der Waals surface area contributed by atoms with E-state index in [0.717, 1.165) is 0 Å². The first-order valence-electron chi connectivity index (χ1n) is 5.76. The average Bonchev–Trinajstić information content (AvgIpc) is 2.46. The summed E-state index contributed by atoms with van der Waals surface area (Å²) in [6.45, 7) is 1.62. The Morgan fingerprint density at radius 3 is 2.74 bits per heavy atom. The summed E-state index contributed by atoms with van der Waals surface area (Å²) in [5.74, 6) is 3.67. The summed E-state index contributed by atoms with van der Waals surface area (Å²) in [4.78, 5) is 37.8. The van der Waals surface area contributed by atoms with Crippen molar-refractivity contribution >= 4 is 18.1 Å². The van der Waals surface area contributed by atoms with E-state index >= 15 is 0 Å². The van der Waals surface area contributed by atoms with Gasteiger partial charge in [0, 0.05) is 12.1 Å². The predicted octanol–water partition coefficient (Wildman–Crippen LogP) is -0.605. The first-order chi connectivity index (χ1) is 9.08. The van der Waals surface area contributed by atoms with E-state index in [4.69, 9.17) is 5.84 Å². The number of aldehydes is 1. The van der Waals surface area contributed by atoms with Crippen molar-refractivity contribution in [2.45, 2.75) is 19.4 Å². The van der Waals surface area contributed by atoms with Crippen LogP contribution < -0.4 is 16.6 Å². The van der Waals surface area contributed by atoms with Crippen molar-refractivity contribution < 1.29 is 14.4 Å². The molecular formula is C12H16N4O3. The minimum atomic E-state index is -0.762. The number of amides is 2. The topological polar surface area (TPSA) is 114 Å². The number of aromatic nitrogens is 1. The van der Waals surface area contributed by atoms with Gasteiger partial charge in [-0.3, -0.25) is 20.0 Å². The van der Waals surface area contributed by atoms with E-state index in [1.54, 1.807) is 19.1 Å². The van der Waals surface area contributed by atoms with Gasteiger partial charge in [-0.05, 0) is 18.6 Å². The maximum atomic E-state index is 11.8. The minimum Gasteiger partial charge on any atom is -0.341 e. The number of hydrogen-bond donors (Lipinski definition) is 3. The first-order valence-corrected chi connectivity index (χ1v) is 5.76. The molecule has 1 aromatic rings. The molecule has 7 nitrogen and oxygen atoms in total. The van der Waals surface area contributed by atoms with Gasteiger partial charge < -0.3 is 10.1 Å². The van der Waals surface area contributed by atoms with Crippen molar-refractivity contribution in [1.29, 1.82) is 0 Å². The van der Waals surface area contributed by atoms with Gasteiger partial charge in [-0.15, -0.1) is 0 Å². The van der Waals surface area contributed by atoms with Gasteiger partial charge in [-0.25, -0.2) is 5.84 Å². The zero-order chi connectivity index (χ0) is 14.3. The Morgan fingerprint density at radius 1 is 1.47 bits per heavy atom. The van der Waals surface area contributed by atoms with E-state index in [0.29, 0.717) is 6.29 Å². The largest absolute Gasteiger partial charge is 0.341 e. The predicted molar refractivity (Wildman–Crippen MR) is 67.7 cm³/mol. The van der Waals surface area contributed by atoms with Crippen molar-refractivity contribution in [3.05, 3.63) is 30.1 Å². The summed E-state index contributed by atoms with van der Waals surface area (Å²) < 4.78 is 0. The third kappa shape index (κ3) is 4.47. The number of nitrogens with zero attached hydrogens (tertiary/aromatic N) is 1. The lowest BCUT2D eigenvalue weighted by Gasteiger charge is -2.16. The Bertz CT molecular complexity index is 450. The lowest BCUT2D eigenvalue weighted by Crippen LogP contribution is -2.41. The number of nitrogens with one attached hydrogen (secondary N) is 2. The summed E-state index contributed by atoms with van der Waals surface area (Å²) in [5, 5.41) is 2.50. The van der Waals surface area contributed by atoms with Gasteiger partial charge in [0.15, 0.2) is 0 Å². The lowest BCUT2D eigenvalue weighted by atomic mass is 10.0. The summed E-state index contributed by atoms with van der Waals surface area (Å²) in [7, 11) is 0. The average molecular weight is 264 g/mol. The van der Waals surface area contributed by atoms with E-state index in [2.05, 4.69) is 10.3 Å². The molecule has 0 fully saturated rings. The molecule has 7 heteroatoms. The van der Waals surface area contributed by atoms with Crippen LogP contribution in [0.1, 0.15) is 23.8 Å². The number of pyridine rings is 1. The van der Waals surface area contributed by atoms with E-state index in [-0.39, 0.29) is 18.0 Å². The fourth-order valence-corrected chi connectivity index (χ4v) is 1.52. The highest BCUT2D eigenvalue weighted by Gasteiger charge is 2.20. The lowest BCUT2D eigenvalue weighted by molar-refractivity contribution is -0.125. The highest BCUT2D eigenvalue weighted by molar-refractivity contribution is 5.93. The van der Waals surface area contributed by atoms with Crippen LogP contribution in [0, 0.1) is 5.92 Å². The summed E-state index contributed by atoms with van der Waals surface area (Å²) >= 11 is 0. The maximum absolute atomic E-state index is 11.8. The van der Waals surface area contributed by atoms with Gasteiger partial charge in [0.25, 0.3) is 5.91 Å². The third-order valence-electron chi connectivity index (χ3n) is 2.58. The summed E-state index contributed by atoms with van der Waals surface area (Å²) in [6, 6.07) is 4.12. The molecule has 0 aliphatic rings. The van der Waals surface area contributed by atoms with Crippen LogP contribution in [-0.2, 0) is 9.59 Å². The summed E-state index contributed by atoms with van der Waals surface area (Å²) in [5.41, 5.74) is 2.21. The van der Waals surface area contributed by atoms with Crippen molar-refractivity contribution in [3.8, 4) is 0 Å². The maximum Gasteiger partial charge on any atom is 0.270 e. The second-order valence-corrected chi connectivity index (χ2v) is 4.08. The molecule has 0 aliphatic carbocycles. The van der Waals surface area contributed by atoms with Gasteiger partial charge in [0.1, 0.15) is 12.0 Å². The highest BCUT2D eigenvalue weighted by atomic mass is 16.2. The quantitative estimate of drug-likeness (QED) is 0.274. The van der Waals surface area contributed by atoms with Crippen LogP contribution in [0.4, 0.5) is 0 Å². The highest BCUT2D eigenvalue weighted by Crippen LogP contribution is 2.05. The molecule has 0 saturated heterocycles. The van der Waals surface area contributed by atoms with Crippen LogP contribution in [0.5, 0.6) is 0 Å². The van der Waals surface area contributed by atoms with E-state index in [1.165, 1.54) is 12.3 Å². The molecule has 0 aliphatic heterocycles. The number of carbonyl (C=O) groups is 3. The number of hydrazine groups is 1. The molecule has 0 bridgehead atoms. The zero-order valence-electron chi connectivity index (χ0n) is 10.5. The molecule has 0 aromatic carbocycles. The smallest absolute Gasteiger partial charge is 0.270 e. The molecule has 1 heterocycles. The van der Waals surface area contributed by atoms with Gasteiger partial charge in [0.05, 0.1) is 6.04 Å². The monoisotopic (exact) mass is 264 g/mol. The Hall–Kier alpha value is -2.28. The molecule has 1 aromatic heterocycles. The van der Waals surface area contributed by atoms with Crippen LogP contribution in [0.15, 0.2) is 24.4 Å². The van der Waals surface area contributed by atoms with Crippen LogP contribution >= 0.6 is 0 Å². The van der Waals surface area contributed by atoms with E-state index in [1.807, 2.05) is 5.43 Å². The number of rotatable bonds is 6. The van der Waals surface area contributed by atoms with Gasteiger partial charge in [0.2, 0.25) is 5.91 Å². The van der Waals surface area contributed by atoms with E-state index in [9.17, 15) is 14.4 Å². The Morgan fingerprint density at radius 2 is 2.21 bits per heavy atom. The number of hydrogen-bond acceptors (Lipinski definition) is 5. The van der Waals surface area contributed by atoms with Crippen molar-refractivity contribution in [2.24, 2.45) is 11.8 Å². The van der Waals surface area contributed by atoms with Crippen molar-refractivity contribution in [1.82, 2.24) is 15.7 Å². The fourth-order valence-electron chi connectivity index (χ4n) is 1.52. The molecule has 0 saturated carbocycles. The third-order valence-corrected chi connectivity index (χ3v) is 2.58. The Kier molecular flexibility index (Phi) is 5.62. The second kappa shape index (κ2) is 7.22. The van der Waals surface area contributed by atoms with Gasteiger partial charge in [-0.1, -0.05) is 13.0 Å². The van der Waals surface area contributed by atoms with Crippen LogP contribution in [-0.4, -0.2) is 29.1 Å². The van der Waals surface area contributed by atoms with Crippen LogP contribution in [0.2, 0.25) is 0 Å². The molecule has 0 radical (unpaired) electrons. The van der Waals surface area contributed by atoms with E-state index < -0.39 is 17.9 Å². The first kappa shape index (κ1) is 14.8. The molecule has 19 heavy (non-hydrogen) atoms. The molecular weight excluding hydrogens is 248 g/mol. The molecule has 102 valence electrons. The molecule has 1 unspecified atom stereocenters. The number of carbonyl (C=O) groups excluding carboxylic acids is 3. The van der Waals surface area contributed by atoms with Crippen molar-refractivity contribution in [2.75, 3.05) is 0 Å². The Balaban J connectivity index is 2.60. The molecule has 4 N–H and O–H groups in total. The normalized spacial score (nSPS) is 13.2. The van der Waals surface area contributed by atoms with Gasteiger partial charge >= 0.3 is 0 Å². The van der Waals surface area contributed by atoms with Gasteiger partial charge in [-0.2, -0.15) is 0 Å². The zero-order valence-corrected chi connectivity index (χ0v) is 10.5. The molecule has 1 rings (SSSR count). The molecule has 2 amide bonds. The molecule has 0 spiro atoms. The van der Waals surface area contributed by atoms with Crippen molar-refractivity contribution in [3.63, 3.8) is 0 Å². The molecule has 2 atom stereocenters. The fraction of sp³-hybridized carbons (Fsp3) is 0.333. The van der Waals surface area contributed by atoms with Crippen LogP contribution in [0.3, 0.4) is 0 Å². The number of nitrogens with two attached hydrogens (primary N) is 1. The Labute approximate surface area is 110 Å². The standard InChI is InChI=1S/C12H16N4O3/c1-8(11(18)16-13)6-9(7-17)15-12(19)10-4-2-3-5-14-10/h2-5,7-9H,6,13H2,1H3,(H,15,19)(H,16,18)/t8?,9-/m0/s1. The minimum absolute atomic E-state index is 0.172. The SMILES string of the molecule is CC(C[C@@H](C=O)NC(=O)c1ccccn1)C(=O)NN. The second-order valence-electron chi connectivity index (χ2n) is 4.08. The van der Waals surface area contributed by atoms with Crippen LogP contribution in [0.25, 0.3) is 0 Å². The summed E-state index contributed by atoms with van der Waals surface area (Å²) in [6.07, 6.45) is 2.24.